The van der Waals surface area contributed by atoms with Crippen molar-refractivity contribution in [2.24, 2.45) is 5.92 Å². The first-order valence-corrected chi connectivity index (χ1v) is 13.2. The highest BCUT2D eigenvalue weighted by molar-refractivity contribution is 6.32. The average molecular weight is 583 g/mol. The Morgan fingerprint density at radius 1 is 1.30 bits per heavy atom. The lowest BCUT2D eigenvalue weighted by Crippen LogP contribution is -2.56. The van der Waals surface area contributed by atoms with Crippen LogP contribution >= 0.6 is 11.6 Å². The lowest BCUT2D eigenvalue weighted by atomic mass is 9.85. The number of hydrogen-bond donors (Lipinski definition) is 2. The summed E-state index contributed by atoms with van der Waals surface area (Å²) in [6, 6.07) is 8.46. The number of carbonyl (C=O) groups excluding carboxylic acids is 2. The van der Waals surface area contributed by atoms with Crippen LogP contribution in [-0.2, 0) is 10.4 Å². The number of aromatic nitrogens is 1. The largest absolute Gasteiger partial charge is 0.497 e. The molecule has 1 aromatic carbocycles. The highest BCUT2D eigenvalue weighted by Crippen LogP contribution is 2.40. The Morgan fingerprint density at radius 3 is 2.55 bits per heavy atom. The number of nitrogens with zero attached hydrogens (tertiary/aromatic N) is 3. The minimum Gasteiger partial charge on any atom is -0.497 e. The van der Waals surface area contributed by atoms with E-state index in [9.17, 15) is 27.9 Å². The molecule has 1 aromatic heterocycles. The predicted octanol–water partition coefficient (Wildman–Crippen LogP) is 4.22. The summed E-state index contributed by atoms with van der Waals surface area (Å²) in [4.78, 5) is 32.8. The van der Waals surface area contributed by atoms with Gasteiger partial charge in [-0.15, -0.1) is 0 Å². The molecule has 0 aliphatic carbocycles. The Kier molecular flexibility index (Phi) is 10.1. The fourth-order valence-corrected chi connectivity index (χ4v) is 4.88. The molecule has 2 amide bonds. The number of benzene rings is 1. The van der Waals surface area contributed by atoms with Crippen LogP contribution in [0.5, 0.6) is 5.75 Å². The summed E-state index contributed by atoms with van der Waals surface area (Å²) in [5, 5.41) is 13.2. The second-order valence-corrected chi connectivity index (χ2v) is 10.3. The minimum atomic E-state index is -4.04. The molecule has 218 valence electrons. The fourth-order valence-electron chi connectivity index (χ4n) is 4.65. The Labute approximate surface area is 236 Å². The monoisotopic (exact) mass is 582 g/mol. The molecule has 1 fully saturated rings. The van der Waals surface area contributed by atoms with E-state index in [4.69, 9.17) is 16.3 Å². The summed E-state index contributed by atoms with van der Waals surface area (Å²) in [5.41, 5.74) is -3.42. The van der Waals surface area contributed by atoms with Crippen LogP contribution in [0.4, 0.5) is 19.0 Å². The summed E-state index contributed by atoms with van der Waals surface area (Å²) in [7, 11) is 4.56. The van der Waals surface area contributed by atoms with Crippen molar-refractivity contribution >= 4 is 29.2 Å². The standard InChI is InChI=1S/C28H34ClF3N4O4/c1-5-27(31,32)28(39,19-7-6-8-21(16-19)40-4)26(38)33-17-20(30)15-18-11-13-36(14-12-18)23-10-9-22(24(29)34-23)25(37)35(2)3/h5-10,16,18,20,39H,1,11-15,17H2,2-4H3,(H,33,38)/t20-,28?/m0/s1. The molecule has 0 bridgehead atoms. The van der Waals surface area contributed by atoms with E-state index in [1.54, 1.807) is 26.2 Å². The predicted molar refractivity (Wildman–Crippen MR) is 147 cm³/mol. The topological polar surface area (TPSA) is 95.0 Å². The number of rotatable bonds is 11. The van der Waals surface area contributed by atoms with Gasteiger partial charge < -0.3 is 25.0 Å². The number of amides is 2. The molecule has 12 heteroatoms. The van der Waals surface area contributed by atoms with Gasteiger partial charge in [0, 0.05) is 39.3 Å². The number of piperidine rings is 1. The van der Waals surface area contributed by atoms with Crippen LogP contribution in [0.3, 0.4) is 0 Å². The van der Waals surface area contributed by atoms with Gasteiger partial charge in [-0.2, -0.15) is 8.78 Å². The quantitative estimate of drug-likeness (QED) is 0.304. The Hall–Kier alpha value is -3.31. The highest BCUT2D eigenvalue weighted by Gasteiger charge is 2.57. The lowest BCUT2D eigenvalue weighted by molar-refractivity contribution is -0.179. The average Bonchev–Trinajstić information content (AvgIpc) is 2.95. The van der Waals surface area contributed by atoms with Gasteiger partial charge in [0.15, 0.2) is 0 Å². The minimum absolute atomic E-state index is 0.0138. The van der Waals surface area contributed by atoms with E-state index in [0.29, 0.717) is 37.3 Å². The molecule has 1 saturated heterocycles. The number of hydrogen-bond acceptors (Lipinski definition) is 6. The smallest absolute Gasteiger partial charge is 0.307 e. The number of aliphatic hydroxyl groups is 1. The molecular formula is C28H34ClF3N4O4. The van der Waals surface area contributed by atoms with Crippen molar-refractivity contribution in [3.63, 3.8) is 0 Å². The van der Waals surface area contributed by atoms with E-state index in [2.05, 4.69) is 16.9 Å². The third-order valence-corrected chi connectivity index (χ3v) is 7.33. The number of anilines is 1. The van der Waals surface area contributed by atoms with Crippen molar-refractivity contribution < 1.29 is 32.6 Å². The van der Waals surface area contributed by atoms with E-state index >= 15 is 0 Å². The molecule has 40 heavy (non-hydrogen) atoms. The molecule has 0 spiro atoms. The second-order valence-electron chi connectivity index (χ2n) is 9.95. The van der Waals surface area contributed by atoms with Gasteiger partial charge in [0.2, 0.25) is 5.60 Å². The maximum atomic E-state index is 14.9. The van der Waals surface area contributed by atoms with Gasteiger partial charge in [0.1, 0.15) is 22.9 Å². The lowest BCUT2D eigenvalue weighted by Gasteiger charge is -2.34. The van der Waals surface area contributed by atoms with E-state index in [0.717, 1.165) is 12.1 Å². The van der Waals surface area contributed by atoms with Crippen molar-refractivity contribution in [1.29, 1.82) is 0 Å². The Bertz CT molecular complexity index is 1220. The number of alkyl halides is 3. The van der Waals surface area contributed by atoms with Gasteiger partial charge in [-0.05, 0) is 55.5 Å². The van der Waals surface area contributed by atoms with Crippen LogP contribution in [-0.4, -0.2) is 79.7 Å². The van der Waals surface area contributed by atoms with Crippen LogP contribution < -0.4 is 15.0 Å². The second kappa shape index (κ2) is 12.9. The third-order valence-electron chi connectivity index (χ3n) is 7.04. The molecule has 1 aliphatic rings. The van der Waals surface area contributed by atoms with Gasteiger partial charge >= 0.3 is 5.92 Å². The van der Waals surface area contributed by atoms with Gasteiger partial charge in [-0.25, -0.2) is 9.37 Å². The summed E-state index contributed by atoms with van der Waals surface area (Å²) in [6.07, 6.45) is 0.0374. The number of nitrogens with one attached hydrogen (secondary N) is 1. The zero-order valence-electron chi connectivity index (χ0n) is 22.7. The number of carbonyl (C=O) groups is 2. The fraction of sp³-hybridized carbons (Fsp3) is 0.464. The van der Waals surface area contributed by atoms with E-state index in [-0.39, 0.29) is 35.2 Å². The van der Waals surface area contributed by atoms with Gasteiger partial charge in [0.25, 0.3) is 11.8 Å². The first-order valence-electron chi connectivity index (χ1n) is 12.8. The summed E-state index contributed by atoms with van der Waals surface area (Å²) >= 11 is 6.22. The summed E-state index contributed by atoms with van der Waals surface area (Å²) in [5.74, 6) is -4.98. The molecule has 0 saturated carbocycles. The van der Waals surface area contributed by atoms with E-state index in [1.165, 1.54) is 24.1 Å². The Balaban J connectivity index is 1.58. The molecule has 2 N–H and O–H groups in total. The van der Waals surface area contributed by atoms with Gasteiger partial charge in [-0.1, -0.05) is 30.3 Å². The Morgan fingerprint density at radius 2 is 1.98 bits per heavy atom. The molecular weight excluding hydrogens is 549 g/mol. The third kappa shape index (κ3) is 6.69. The molecule has 1 aliphatic heterocycles. The molecule has 1 unspecified atom stereocenters. The van der Waals surface area contributed by atoms with Crippen molar-refractivity contribution in [2.45, 2.75) is 37.0 Å². The number of methoxy groups -OCH3 is 1. The van der Waals surface area contributed by atoms with Crippen LogP contribution in [0.2, 0.25) is 5.15 Å². The highest BCUT2D eigenvalue weighted by atomic mass is 35.5. The number of ether oxygens (including phenoxy) is 1. The normalized spacial score (nSPS) is 16.6. The van der Waals surface area contributed by atoms with Crippen LogP contribution in [0.15, 0.2) is 49.1 Å². The van der Waals surface area contributed by atoms with Crippen molar-refractivity contribution in [3.8, 4) is 5.75 Å². The molecule has 2 heterocycles. The van der Waals surface area contributed by atoms with Crippen LogP contribution in [0, 0.1) is 5.92 Å². The molecule has 3 rings (SSSR count). The zero-order chi connectivity index (χ0) is 29.7. The SMILES string of the molecule is C=CC(F)(F)C(O)(C(=O)NC[C@@H](F)CC1CCN(c2ccc(C(=O)N(C)C)c(Cl)n2)CC1)c1cccc(OC)c1. The molecule has 2 atom stereocenters. The van der Waals surface area contributed by atoms with Crippen LogP contribution in [0.25, 0.3) is 0 Å². The zero-order valence-corrected chi connectivity index (χ0v) is 23.4. The summed E-state index contributed by atoms with van der Waals surface area (Å²) in [6.45, 7) is 3.66. The number of halogens is 4. The van der Waals surface area contributed by atoms with E-state index < -0.39 is 35.7 Å². The van der Waals surface area contributed by atoms with Gasteiger partial charge in [0.05, 0.1) is 12.7 Å². The van der Waals surface area contributed by atoms with Crippen molar-refractivity contribution in [2.75, 3.05) is 45.7 Å². The first-order chi connectivity index (χ1) is 18.8. The summed E-state index contributed by atoms with van der Waals surface area (Å²) < 4.78 is 49.4. The first kappa shape index (κ1) is 31.2. The molecule has 0 radical (unpaired) electrons. The maximum Gasteiger partial charge on any atom is 0.307 e. The van der Waals surface area contributed by atoms with Crippen LogP contribution in [0.1, 0.15) is 35.2 Å². The van der Waals surface area contributed by atoms with E-state index in [1.807, 2.05) is 4.90 Å². The molecule has 2 aromatic rings. The van der Waals surface area contributed by atoms with Crippen molar-refractivity contribution in [3.05, 3.63) is 65.3 Å². The van der Waals surface area contributed by atoms with Crippen molar-refractivity contribution in [1.82, 2.24) is 15.2 Å². The van der Waals surface area contributed by atoms with Gasteiger partial charge in [-0.3, -0.25) is 9.59 Å². The number of pyridine rings is 1. The molecule has 8 nitrogen and oxygen atoms in total. The maximum absolute atomic E-state index is 14.9.